The molecule has 0 spiro atoms. The first kappa shape index (κ1) is 25.3. The van der Waals surface area contributed by atoms with E-state index < -0.39 is 66.8 Å². The van der Waals surface area contributed by atoms with Gasteiger partial charge >= 0.3 is 5.97 Å². The highest BCUT2D eigenvalue weighted by atomic mass is 16.4. The molecule has 0 aromatic rings. The molecule has 0 radical (unpaired) electrons. The second kappa shape index (κ2) is 11.5. The molecule has 1 aliphatic heterocycles. The van der Waals surface area contributed by atoms with E-state index in [-0.39, 0.29) is 12.5 Å². The average molecular weight is 429 g/mol. The van der Waals surface area contributed by atoms with Gasteiger partial charge in [0.2, 0.25) is 23.6 Å². The number of hydrogen-bond acceptors (Lipinski definition) is 7. The Hall–Kier alpha value is -2.73. The number of nitrogens with zero attached hydrogens (tertiary/aromatic N) is 1. The summed E-state index contributed by atoms with van der Waals surface area (Å²) >= 11 is 0. The van der Waals surface area contributed by atoms with E-state index in [0.29, 0.717) is 19.3 Å². The topological polar surface area (TPSA) is 205 Å². The Labute approximate surface area is 174 Å². The van der Waals surface area contributed by atoms with Crippen LogP contribution in [0.3, 0.4) is 0 Å². The van der Waals surface area contributed by atoms with Gasteiger partial charge in [-0.1, -0.05) is 20.3 Å². The number of aliphatic hydroxyl groups excluding tert-OH is 1. The number of carboxylic acid groups (broad SMARTS) is 1. The van der Waals surface area contributed by atoms with Crippen molar-refractivity contribution in [1.82, 2.24) is 15.5 Å². The molecule has 8 N–H and O–H groups in total. The van der Waals surface area contributed by atoms with Gasteiger partial charge in [0, 0.05) is 6.54 Å². The molecule has 0 bridgehead atoms. The Bertz CT molecular complexity index is 671. The van der Waals surface area contributed by atoms with Crippen LogP contribution < -0.4 is 22.1 Å². The molecule has 12 heteroatoms. The van der Waals surface area contributed by atoms with Crippen LogP contribution in [-0.2, 0) is 24.0 Å². The van der Waals surface area contributed by atoms with Crippen LogP contribution in [0.25, 0.3) is 0 Å². The van der Waals surface area contributed by atoms with E-state index in [2.05, 4.69) is 10.6 Å². The lowest BCUT2D eigenvalue weighted by Crippen LogP contribution is -2.58. The van der Waals surface area contributed by atoms with Crippen LogP contribution in [0.15, 0.2) is 0 Å². The number of likely N-dealkylation sites (tertiary alicyclic amines) is 1. The second-order valence-electron chi connectivity index (χ2n) is 7.42. The maximum absolute atomic E-state index is 12.7. The van der Waals surface area contributed by atoms with Crippen molar-refractivity contribution >= 4 is 29.6 Å². The van der Waals surface area contributed by atoms with Crippen molar-refractivity contribution in [3.8, 4) is 0 Å². The lowest BCUT2D eigenvalue weighted by atomic mass is 9.98. The third kappa shape index (κ3) is 6.66. The molecule has 5 unspecified atom stereocenters. The number of amides is 4. The predicted octanol–water partition coefficient (Wildman–Crippen LogP) is -2.73. The summed E-state index contributed by atoms with van der Waals surface area (Å²) in [6.07, 6.45) is 0.768. The maximum Gasteiger partial charge on any atom is 0.326 e. The van der Waals surface area contributed by atoms with Gasteiger partial charge in [-0.05, 0) is 18.8 Å². The Kier molecular flexibility index (Phi) is 9.66. The molecular weight excluding hydrogens is 398 g/mol. The minimum absolute atomic E-state index is 0.256. The summed E-state index contributed by atoms with van der Waals surface area (Å²) in [6, 6.07) is -4.70. The summed E-state index contributed by atoms with van der Waals surface area (Å²) in [5, 5.41) is 23.1. The molecule has 0 aromatic carbocycles. The van der Waals surface area contributed by atoms with E-state index in [1.165, 1.54) is 4.90 Å². The van der Waals surface area contributed by atoms with E-state index >= 15 is 0 Å². The highest BCUT2D eigenvalue weighted by molar-refractivity contribution is 5.96. The number of carbonyl (C=O) groups excluding carboxylic acids is 4. The number of carboxylic acids is 1. The molecular formula is C18H31N5O7. The Morgan fingerprint density at radius 3 is 2.33 bits per heavy atom. The quantitative estimate of drug-likeness (QED) is 0.203. The number of aliphatic carboxylic acids is 1. The minimum atomic E-state index is -1.40. The number of nitrogens with two attached hydrogens (primary N) is 2. The van der Waals surface area contributed by atoms with Crippen molar-refractivity contribution in [2.24, 2.45) is 17.4 Å². The fourth-order valence-electron chi connectivity index (χ4n) is 3.21. The SMILES string of the molecule is CCC(C)C(NC(=O)C(CC(N)=O)NC(=O)C1CCCN1C(=O)C(N)CO)C(=O)O. The van der Waals surface area contributed by atoms with Gasteiger partial charge in [0.15, 0.2) is 0 Å². The van der Waals surface area contributed by atoms with Gasteiger partial charge in [0.1, 0.15) is 24.2 Å². The molecule has 0 saturated carbocycles. The first-order chi connectivity index (χ1) is 14.0. The molecule has 1 saturated heterocycles. The summed E-state index contributed by atoms with van der Waals surface area (Å²) < 4.78 is 0. The molecule has 0 aliphatic carbocycles. The van der Waals surface area contributed by atoms with Gasteiger partial charge in [-0.2, -0.15) is 0 Å². The molecule has 5 atom stereocenters. The van der Waals surface area contributed by atoms with E-state index in [0.717, 1.165) is 0 Å². The van der Waals surface area contributed by atoms with Crippen LogP contribution in [0.4, 0.5) is 0 Å². The van der Waals surface area contributed by atoms with Crippen molar-refractivity contribution < 1.29 is 34.2 Å². The van der Waals surface area contributed by atoms with Crippen molar-refractivity contribution in [2.75, 3.05) is 13.2 Å². The smallest absolute Gasteiger partial charge is 0.326 e. The maximum atomic E-state index is 12.7. The zero-order valence-electron chi connectivity index (χ0n) is 17.2. The van der Waals surface area contributed by atoms with Gasteiger partial charge in [-0.25, -0.2) is 4.79 Å². The molecule has 170 valence electrons. The van der Waals surface area contributed by atoms with E-state index in [1.54, 1.807) is 13.8 Å². The Balaban J connectivity index is 2.94. The largest absolute Gasteiger partial charge is 0.480 e. The summed E-state index contributed by atoms with van der Waals surface area (Å²) in [6.45, 7) is 3.08. The first-order valence-corrected chi connectivity index (χ1v) is 9.82. The monoisotopic (exact) mass is 429 g/mol. The number of rotatable bonds is 11. The van der Waals surface area contributed by atoms with E-state index in [4.69, 9.17) is 16.6 Å². The highest BCUT2D eigenvalue weighted by Crippen LogP contribution is 2.19. The van der Waals surface area contributed by atoms with Crippen molar-refractivity contribution in [2.45, 2.75) is 63.7 Å². The van der Waals surface area contributed by atoms with Gasteiger partial charge in [0.05, 0.1) is 13.0 Å². The third-order valence-corrected chi connectivity index (χ3v) is 5.17. The lowest BCUT2D eigenvalue weighted by molar-refractivity contribution is -0.144. The molecule has 4 amide bonds. The fourth-order valence-corrected chi connectivity index (χ4v) is 3.21. The van der Waals surface area contributed by atoms with Crippen molar-refractivity contribution in [3.05, 3.63) is 0 Å². The Morgan fingerprint density at radius 2 is 1.83 bits per heavy atom. The standard InChI is InChI=1S/C18H31N5O7/c1-3-9(2)14(18(29)30)22-15(26)11(7-13(20)25)21-16(27)12-5-4-6-23(12)17(28)10(19)8-24/h9-12,14,24H,3-8,19H2,1-2H3,(H2,20,25)(H,21,27)(H,22,26)(H,29,30). The van der Waals surface area contributed by atoms with Crippen LogP contribution in [0.2, 0.25) is 0 Å². The van der Waals surface area contributed by atoms with Crippen LogP contribution in [-0.4, -0.2) is 82.0 Å². The van der Waals surface area contributed by atoms with Crippen molar-refractivity contribution in [3.63, 3.8) is 0 Å². The zero-order chi connectivity index (χ0) is 23.0. The van der Waals surface area contributed by atoms with Gasteiger partial charge in [-0.15, -0.1) is 0 Å². The Morgan fingerprint density at radius 1 is 1.20 bits per heavy atom. The molecule has 1 fully saturated rings. The predicted molar refractivity (Wildman–Crippen MR) is 105 cm³/mol. The van der Waals surface area contributed by atoms with Gasteiger partial charge in [-0.3, -0.25) is 19.2 Å². The fraction of sp³-hybridized carbons (Fsp3) is 0.722. The zero-order valence-corrected chi connectivity index (χ0v) is 17.2. The van der Waals surface area contributed by atoms with E-state index in [9.17, 15) is 29.1 Å². The number of nitrogens with one attached hydrogen (secondary N) is 2. The van der Waals surface area contributed by atoms with Gasteiger partial charge in [0.25, 0.3) is 0 Å². The number of primary amides is 1. The minimum Gasteiger partial charge on any atom is -0.480 e. The first-order valence-electron chi connectivity index (χ1n) is 9.82. The summed E-state index contributed by atoms with van der Waals surface area (Å²) in [7, 11) is 0. The van der Waals surface area contributed by atoms with Crippen LogP contribution >= 0.6 is 0 Å². The number of aliphatic hydroxyl groups is 1. The molecule has 30 heavy (non-hydrogen) atoms. The molecule has 1 aliphatic rings. The second-order valence-corrected chi connectivity index (χ2v) is 7.42. The van der Waals surface area contributed by atoms with E-state index in [1.807, 2.05) is 0 Å². The molecule has 1 heterocycles. The number of hydrogen-bond donors (Lipinski definition) is 6. The lowest BCUT2D eigenvalue weighted by Gasteiger charge is -2.28. The summed E-state index contributed by atoms with van der Waals surface area (Å²) in [5.74, 6) is -4.66. The molecule has 12 nitrogen and oxygen atoms in total. The summed E-state index contributed by atoms with van der Waals surface area (Å²) in [4.78, 5) is 61.6. The third-order valence-electron chi connectivity index (χ3n) is 5.17. The highest BCUT2D eigenvalue weighted by Gasteiger charge is 2.38. The molecule has 1 rings (SSSR count). The van der Waals surface area contributed by atoms with Crippen LogP contribution in [0, 0.1) is 5.92 Å². The normalized spacial score (nSPS) is 20.0. The van der Waals surface area contributed by atoms with Crippen LogP contribution in [0.1, 0.15) is 39.5 Å². The van der Waals surface area contributed by atoms with Gasteiger partial charge < -0.3 is 37.2 Å². The summed E-state index contributed by atoms with van der Waals surface area (Å²) in [5.41, 5.74) is 10.7. The van der Waals surface area contributed by atoms with Crippen molar-refractivity contribution in [1.29, 1.82) is 0 Å². The molecule has 0 aromatic heterocycles. The number of carbonyl (C=O) groups is 5. The average Bonchev–Trinajstić information content (AvgIpc) is 3.18. The van der Waals surface area contributed by atoms with Crippen LogP contribution in [0.5, 0.6) is 0 Å².